The van der Waals surface area contributed by atoms with Crippen LogP contribution in [0, 0.1) is 0 Å². The minimum Gasteiger partial charge on any atom is -0.444 e. The Morgan fingerprint density at radius 3 is 2.86 bits per heavy atom. The number of oxazole rings is 1. The maximum Gasteiger partial charge on any atom is 0.387 e. The summed E-state index contributed by atoms with van der Waals surface area (Å²) in [7, 11) is 0. The zero-order valence-electron chi connectivity index (χ0n) is 12.0. The molecule has 1 aromatic carbocycles. The highest BCUT2D eigenvalue weighted by molar-refractivity contribution is 5.30. The van der Waals surface area contributed by atoms with Crippen LogP contribution in [0.25, 0.3) is 0 Å². The normalized spacial score (nSPS) is 12.6. The summed E-state index contributed by atoms with van der Waals surface area (Å²) in [5, 5.41) is 3.23. The van der Waals surface area contributed by atoms with Crippen molar-refractivity contribution in [3.63, 3.8) is 0 Å². The van der Waals surface area contributed by atoms with E-state index < -0.39 is 6.61 Å². The van der Waals surface area contributed by atoms with E-state index in [4.69, 9.17) is 4.42 Å². The molecule has 0 amide bonds. The quantitative estimate of drug-likeness (QED) is 0.846. The molecule has 0 aliphatic rings. The molecular formula is C15H18F2N2O2. The fourth-order valence-corrected chi connectivity index (χ4v) is 1.91. The molecule has 1 N–H and O–H groups in total. The van der Waals surface area contributed by atoms with Gasteiger partial charge in [0.2, 0.25) is 5.89 Å². The fourth-order valence-electron chi connectivity index (χ4n) is 1.91. The third-order valence-electron chi connectivity index (χ3n) is 3.09. The van der Waals surface area contributed by atoms with Gasteiger partial charge in [-0.3, -0.25) is 0 Å². The molecule has 1 heterocycles. The summed E-state index contributed by atoms with van der Waals surface area (Å²) in [6, 6.07) is 6.60. The number of ether oxygens (including phenoxy) is 1. The molecule has 0 spiro atoms. The summed E-state index contributed by atoms with van der Waals surface area (Å²) >= 11 is 0. The van der Waals surface area contributed by atoms with Crippen molar-refractivity contribution >= 4 is 0 Å². The number of aryl methyl sites for hydroxylation is 1. The van der Waals surface area contributed by atoms with Gasteiger partial charge in [-0.25, -0.2) is 4.98 Å². The summed E-state index contributed by atoms with van der Waals surface area (Å²) in [6.45, 7) is 1.59. The molecule has 1 aromatic heterocycles. The molecule has 0 saturated carbocycles. The van der Waals surface area contributed by atoms with Gasteiger partial charge >= 0.3 is 6.61 Å². The minimum atomic E-state index is -2.82. The van der Waals surface area contributed by atoms with Gasteiger partial charge in [-0.2, -0.15) is 8.78 Å². The van der Waals surface area contributed by atoms with Crippen LogP contribution in [0.1, 0.15) is 37.1 Å². The maximum absolute atomic E-state index is 12.2. The third-order valence-corrected chi connectivity index (χ3v) is 3.09. The molecule has 6 heteroatoms. The van der Waals surface area contributed by atoms with E-state index in [1.54, 1.807) is 18.3 Å². The van der Waals surface area contributed by atoms with Crippen LogP contribution in [-0.2, 0) is 13.0 Å². The highest BCUT2D eigenvalue weighted by Crippen LogP contribution is 2.21. The van der Waals surface area contributed by atoms with Gasteiger partial charge in [-0.1, -0.05) is 19.1 Å². The van der Waals surface area contributed by atoms with Crippen molar-refractivity contribution in [1.82, 2.24) is 10.3 Å². The van der Waals surface area contributed by atoms with E-state index in [1.807, 2.05) is 19.9 Å². The Labute approximate surface area is 122 Å². The lowest BCUT2D eigenvalue weighted by molar-refractivity contribution is -0.0499. The molecule has 1 unspecified atom stereocenters. The number of nitrogens with one attached hydrogen (secondary N) is 1. The number of hydrogen-bond acceptors (Lipinski definition) is 4. The number of nitrogens with zero attached hydrogens (tertiary/aromatic N) is 1. The lowest BCUT2D eigenvalue weighted by atomic mass is 10.1. The molecular weight excluding hydrogens is 278 g/mol. The van der Waals surface area contributed by atoms with Crippen molar-refractivity contribution in [3.05, 3.63) is 47.7 Å². The van der Waals surface area contributed by atoms with Gasteiger partial charge < -0.3 is 14.5 Å². The standard InChI is InChI=1S/C15H18F2N2O2/c1-3-12-8-19-14(20-12)9-18-10(2)11-5-4-6-13(7-11)21-15(16)17/h4-8,10,15,18H,3,9H2,1-2H3. The van der Waals surface area contributed by atoms with Crippen LogP contribution in [0.4, 0.5) is 8.78 Å². The summed E-state index contributed by atoms with van der Waals surface area (Å²) in [5.41, 5.74) is 0.857. The first-order chi connectivity index (χ1) is 10.1. The average Bonchev–Trinajstić information content (AvgIpc) is 2.92. The van der Waals surface area contributed by atoms with Crippen molar-refractivity contribution in [2.45, 2.75) is 39.5 Å². The monoisotopic (exact) mass is 296 g/mol. The van der Waals surface area contributed by atoms with Crippen molar-refractivity contribution in [3.8, 4) is 5.75 Å². The molecule has 4 nitrogen and oxygen atoms in total. The second-order valence-corrected chi connectivity index (χ2v) is 4.63. The Hall–Kier alpha value is -1.95. The number of benzene rings is 1. The van der Waals surface area contributed by atoms with Gasteiger partial charge in [-0.05, 0) is 24.6 Å². The second-order valence-electron chi connectivity index (χ2n) is 4.63. The number of halogens is 2. The number of alkyl halides is 2. The largest absolute Gasteiger partial charge is 0.444 e. The number of aromatic nitrogens is 1. The average molecular weight is 296 g/mol. The van der Waals surface area contributed by atoms with E-state index in [-0.39, 0.29) is 11.8 Å². The Kier molecular flexibility index (Phi) is 5.27. The minimum absolute atomic E-state index is 0.0387. The van der Waals surface area contributed by atoms with Crippen LogP contribution in [0.15, 0.2) is 34.9 Å². The van der Waals surface area contributed by atoms with Crippen molar-refractivity contribution in [2.75, 3.05) is 0 Å². The van der Waals surface area contributed by atoms with Crippen LogP contribution in [0.2, 0.25) is 0 Å². The van der Waals surface area contributed by atoms with Crippen molar-refractivity contribution < 1.29 is 17.9 Å². The molecule has 2 aromatic rings. The summed E-state index contributed by atoms with van der Waals surface area (Å²) < 4.78 is 34.3. The van der Waals surface area contributed by atoms with Gasteiger partial charge in [0.1, 0.15) is 11.5 Å². The topological polar surface area (TPSA) is 47.3 Å². The molecule has 2 rings (SSSR count). The third kappa shape index (κ3) is 4.53. The van der Waals surface area contributed by atoms with Gasteiger partial charge in [0, 0.05) is 12.5 Å². The molecule has 1 atom stereocenters. The lowest BCUT2D eigenvalue weighted by Gasteiger charge is -2.14. The Bertz CT molecular complexity index is 572. The van der Waals surface area contributed by atoms with Gasteiger partial charge in [0.05, 0.1) is 12.7 Å². The lowest BCUT2D eigenvalue weighted by Crippen LogP contribution is -2.18. The zero-order chi connectivity index (χ0) is 15.2. The molecule has 0 fully saturated rings. The van der Waals surface area contributed by atoms with Crippen molar-refractivity contribution in [1.29, 1.82) is 0 Å². The van der Waals surface area contributed by atoms with Gasteiger partial charge in [0.15, 0.2) is 0 Å². The summed E-state index contributed by atoms with van der Waals surface area (Å²) in [6.07, 6.45) is 2.51. The summed E-state index contributed by atoms with van der Waals surface area (Å²) in [4.78, 5) is 4.16. The first-order valence-electron chi connectivity index (χ1n) is 6.80. The van der Waals surface area contributed by atoms with Crippen LogP contribution < -0.4 is 10.1 Å². The van der Waals surface area contributed by atoms with E-state index in [1.165, 1.54) is 6.07 Å². The molecule has 114 valence electrons. The fraction of sp³-hybridized carbons (Fsp3) is 0.400. The first-order valence-corrected chi connectivity index (χ1v) is 6.80. The van der Waals surface area contributed by atoms with Crippen LogP contribution in [0.5, 0.6) is 5.75 Å². The predicted molar refractivity (Wildman–Crippen MR) is 74.2 cm³/mol. The zero-order valence-corrected chi connectivity index (χ0v) is 12.0. The van der Waals surface area contributed by atoms with E-state index in [0.29, 0.717) is 12.4 Å². The molecule has 0 saturated heterocycles. The SMILES string of the molecule is CCc1cnc(CNC(C)c2cccc(OC(F)F)c2)o1. The molecule has 0 aliphatic carbocycles. The second kappa shape index (κ2) is 7.17. The van der Waals surface area contributed by atoms with E-state index in [0.717, 1.165) is 17.7 Å². The highest BCUT2D eigenvalue weighted by atomic mass is 19.3. The Morgan fingerprint density at radius 1 is 1.38 bits per heavy atom. The first kappa shape index (κ1) is 15.4. The Morgan fingerprint density at radius 2 is 2.19 bits per heavy atom. The molecule has 0 radical (unpaired) electrons. The van der Waals surface area contributed by atoms with Crippen LogP contribution in [0.3, 0.4) is 0 Å². The Balaban J connectivity index is 1.94. The smallest absolute Gasteiger partial charge is 0.387 e. The maximum atomic E-state index is 12.2. The van der Waals surface area contributed by atoms with E-state index in [2.05, 4.69) is 15.0 Å². The molecule has 0 bridgehead atoms. The van der Waals surface area contributed by atoms with E-state index in [9.17, 15) is 8.78 Å². The molecule has 21 heavy (non-hydrogen) atoms. The summed E-state index contributed by atoms with van der Waals surface area (Å²) in [5.74, 6) is 1.60. The molecule has 0 aliphatic heterocycles. The van der Waals surface area contributed by atoms with Gasteiger partial charge in [0.25, 0.3) is 0 Å². The van der Waals surface area contributed by atoms with Crippen LogP contribution in [-0.4, -0.2) is 11.6 Å². The van der Waals surface area contributed by atoms with E-state index >= 15 is 0 Å². The van der Waals surface area contributed by atoms with Crippen LogP contribution >= 0.6 is 0 Å². The predicted octanol–water partition coefficient (Wildman–Crippen LogP) is 3.69. The van der Waals surface area contributed by atoms with Gasteiger partial charge in [-0.15, -0.1) is 0 Å². The van der Waals surface area contributed by atoms with Crippen molar-refractivity contribution in [2.24, 2.45) is 0 Å². The number of hydrogen-bond donors (Lipinski definition) is 1. The number of rotatable bonds is 7. The highest BCUT2D eigenvalue weighted by Gasteiger charge is 2.10.